The second kappa shape index (κ2) is 14.5. The molecule has 2 aliphatic rings. The smallest absolute Gasteiger partial charge is 0.265 e. The van der Waals surface area contributed by atoms with Gasteiger partial charge >= 0.3 is 0 Å². The Morgan fingerprint density at radius 2 is 1.70 bits per heavy atom. The molecule has 0 unspecified atom stereocenters. The molecule has 2 saturated heterocycles. The van der Waals surface area contributed by atoms with Crippen molar-refractivity contribution in [2.24, 2.45) is 5.92 Å². The predicted octanol–water partition coefficient (Wildman–Crippen LogP) is 5.19. The fourth-order valence-corrected chi connectivity index (χ4v) is 8.76. The summed E-state index contributed by atoms with van der Waals surface area (Å²) >= 11 is 1.31. The number of aromatic nitrogens is 5. The predicted molar refractivity (Wildman–Crippen MR) is 204 cm³/mol. The number of pyridine rings is 1. The van der Waals surface area contributed by atoms with Crippen LogP contribution < -0.4 is 5.56 Å². The molecule has 8 rings (SSSR count). The molecule has 0 spiro atoms. The zero-order valence-corrected chi connectivity index (χ0v) is 30.5. The van der Waals surface area contributed by atoms with E-state index in [1.165, 1.54) is 22.2 Å². The number of thiazole rings is 1. The van der Waals surface area contributed by atoms with Gasteiger partial charge in [-0.1, -0.05) is 48.5 Å². The van der Waals surface area contributed by atoms with Crippen LogP contribution in [0.4, 0.5) is 0 Å². The minimum Gasteiger partial charge on any atom is -0.388 e. The van der Waals surface area contributed by atoms with E-state index in [0.717, 1.165) is 16.8 Å². The van der Waals surface area contributed by atoms with E-state index in [1.807, 2.05) is 94.2 Å². The maximum Gasteiger partial charge on any atom is 0.265 e. The largest absolute Gasteiger partial charge is 0.388 e. The van der Waals surface area contributed by atoms with Gasteiger partial charge in [0.2, 0.25) is 5.91 Å². The second-order valence-electron chi connectivity index (χ2n) is 14.1. The number of amides is 2. The number of nitrogens with zero attached hydrogens (tertiary/aromatic N) is 8. The Hall–Kier alpha value is -5.97. The number of carbonyl (C=O) groups excluding carboxylic acids is 2. The van der Waals surface area contributed by atoms with Crippen molar-refractivity contribution in [2.75, 3.05) is 26.2 Å². The maximum absolute atomic E-state index is 14.3. The van der Waals surface area contributed by atoms with E-state index in [4.69, 9.17) is 5.26 Å². The number of rotatable bonds is 7. The normalized spacial score (nSPS) is 18.4. The molecule has 6 heterocycles. The molecule has 0 bridgehead atoms. The molecule has 2 amide bonds. The second-order valence-corrected chi connectivity index (χ2v) is 15.1. The summed E-state index contributed by atoms with van der Waals surface area (Å²) in [7, 11) is 0. The van der Waals surface area contributed by atoms with Gasteiger partial charge in [0.05, 0.1) is 23.2 Å². The quantitative estimate of drug-likeness (QED) is 0.235. The molecule has 13 heteroatoms. The van der Waals surface area contributed by atoms with Gasteiger partial charge in [0.15, 0.2) is 5.65 Å². The summed E-state index contributed by atoms with van der Waals surface area (Å²) in [6, 6.07) is 26.8. The molecule has 272 valence electrons. The highest BCUT2D eigenvalue weighted by molar-refractivity contribution is 7.17. The fourth-order valence-electron chi connectivity index (χ4n) is 7.74. The number of aryl methyl sites for hydroxylation is 1. The molecule has 1 N–H and O–H groups in total. The molecular formula is C41H38N8O4S. The van der Waals surface area contributed by atoms with Crippen LogP contribution >= 0.6 is 11.3 Å². The molecule has 12 nitrogen and oxygen atoms in total. The molecular weight excluding hydrogens is 701 g/mol. The average Bonchev–Trinajstić information content (AvgIpc) is 3.83. The van der Waals surface area contributed by atoms with Crippen molar-refractivity contribution in [3.05, 3.63) is 130 Å². The van der Waals surface area contributed by atoms with Crippen LogP contribution in [0.2, 0.25) is 0 Å². The number of carbonyl (C=O) groups is 2. The molecule has 2 atom stereocenters. The molecule has 0 aliphatic carbocycles. The van der Waals surface area contributed by atoms with Crippen LogP contribution in [0.5, 0.6) is 0 Å². The van der Waals surface area contributed by atoms with Gasteiger partial charge in [-0.2, -0.15) is 5.26 Å². The van der Waals surface area contributed by atoms with Crippen LogP contribution in [0.3, 0.4) is 0 Å². The van der Waals surface area contributed by atoms with Crippen LogP contribution in [0.1, 0.15) is 51.8 Å². The monoisotopic (exact) mass is 738 g/mol. The van der Waals surface area contributed by atoms with Gasteiger partial charge in [0.25, 0.3) is 11.5 Å². The Labute approximate surface area is 315 Å². The lowest BCUT2D eigenvalue weighted by Crippen LogP contribution is -2.53. The van der Waals surface area contributed by atoms with Crippen molar-refractivity contribution in [2.45, 2.75) is 44.2 Å². The summed E-state index contributed by atoms with van der Waals surface area (Å²) in [4.78, 5) is 59.4. The van der Waals surface area contributed by atoms with E-state index in [0.29, 0.717) is 77.7 Å². The van der Waals surface area contributed by atoms with Crippen LogP contribution in [0.15, 0.2) is 102 Å². The first-order valence-electron chi connectivity index (χ1n) is 18.0. The zero-order valence-electron chi connectivity index (χ0n) is 29.7. The minimum atomic E-state index is -1.17. The molecule has 2 fully saturated rings. The lowest BCUT2D eigenvalue weighted by Gasteiger charge is -2.43. The Balaban J connectivity index is 0.952. The van der Waals surface area contributed by atoms with Gasteiger partial charge in [-0.15, -0.1) is 11.3 Å². The number of hydrogen-bond acceptors (Lipinski definition) is 9. The van der Waals surface area contributed by atoms with Crippen molar-refractivity contribution < 1.29 is 14.7 Å². The minimum absolute atomic E-state index is 0.0186. The van der Waals surface area contributed by atoms with Gasteiger partial charge in [0.1, 0.15) is 28.0 Å². The molecule has 2 aliphatic heterocycles. The molecule has 54 heavy (non-hydrogen) atoms. The fraction of sp³-hybridized carbons (Fsp3) is 0.293. The highest BCUT2D eigenvalue weighted by atomic mass is 32.1. The third-order valence-corrected chi connectivity index (χ3v) is 11.9. The van der Waals surface area contributed by atoms with E-state index >= 15 is 0 Å². The summed E-state index contributed by atoms with van der Waals surface area (Å²) in [6.45, 7) is 3.43. The van der Waals surface area contributed by atoms with Gasteiger partial charge in [0, 0.05) is 61.7 Å². The van der Waals surface area contributed by atoms with Crippen LogP contribution in [-0.2, 0) is 11.3 Å². The number of piperidine rings is 2. The van der Waals surface area contributed by atoms with Crippen LogP contribution in [0.25, 0.3) is 27.3 Å². The maximum atomic E-state index is 14.3. The molecule has 4 aromatic heterocycles. The third-order valence-electron chi connectivity index (χ3n) is 10.7. The van der Waals surface area contributed by atoms with E-state index in [2.05, 4.69) is 15.0 Å². The summed E-state index contributed by atoms with van der Waals surface area (Å²) in [5, 5.41) is 21.9. The van der Waals surface area contributed by atoms with Gasteiger partial charge in [-0.3, -0.25) is 19.0 Å². The Morgan fingerprint density at radius 3 is 2.41 bits per heavy atom. The van der Waals surface area contributed by atoms with Gasteiger partial charge in [-0.05, 0) is 62.1 Å². The average molecular weight is 739 g/mol. The summed E-state index contributed by atoms with van der Waals surface area (Å²) in [5.74, 6) is -0.655. The number of benzene rings is 2. The van der Waals surface area contributed by atoms with E-state index in [9.17, 15) is 19.5 Å². The SMILES string of the molecule is Cc1nc(-c2ccc(C#N)nc2)sc1C(=O)N1CC[C@@H](C(=O)N2CCC(O)(Cn3cnc4c(ccn4-c4ccccc4)c3=O)CC2)[C@H](c2ccccc2)C1. The van der Waals surface area contributed by atoms with Crippen molar-refractivity contribution in [1.82, 2.24) is 33.9 Å². The number of para-hydroxylation sites is 1. The van der Waals surface area contributed by atoms with Crippen molar-refractivity contribution in [3.8, 4) is 22.3 Å². The number of hydrogen-bond donors (Lipinski definition) is 1. The zero-order chi connectivity index (χ0) is 37.4. The van der Waals surface area contributed by atoms with E-state index < -0.39 is 5.60 Å². The highest BCUT2D eigenvalue weighted by Crippen LogP contribution is 2.37. The first kappa shape index (κ1) is 35.1. The molecule has 0 radical (unpaired) electrons. The third kappa shape index (κ3) is 6.70. The molecule has 2 aromatic carbocycles. The summed E-state index contributed by atoms with van der Waals surface area (Å²) in [5.41, 5.74) is 2.75. The van der Waals surface area contributed by atoms with E-state index in [-0.39, 0.29) is 35.8 Å². The summed E-state index contributed by atoms with van der Waals surface area (Å²) < 4.78 is 3.35. The first-order valence-corrected chi connectivity index (χ1v) is 18.8. The van der Waals surface area contributed by atoms with Crippen molar-refractivity contribution >= 4 is 34.2 Å². The number of aliphatic hydroxyl groups is 1. The topological polar surface area (TPSA) is 150 Å². The molecule has 6 aromatic rings. The number of nitriles is 1. The summed E-state index contributed by atoms with van der Waals surface area (Å²) in [6.07, 6.45) is 6.06. The highest BCUT2D eigenvalue weighted by Gasteiger charge is 2.42. The molecule has 0 saturated carbocycles. The lowest BCUT2D eigenvalue weighted by atomic mass is 9.79. The van der Waals surface area contributed by atoms with Gasteiger partial charge < -0.3 is 19.5 Å². The number of likely N-dealkylation sites (tertiary alicyclic amines) is 2. The Morgan fingerprint density at radius 1 is 0.963 bits per heavy atom. The lowest BCUT2D eigenvalue weighted by molar-refractivity contribution is -0.142. The van der Waals surface area contributed by atoms with E-state index in [1.54, 1.807) is 24.4 Å². The van der Waals surface area contributed by atoms with Crippen molar-refractivity contribution in [1.29, 1.82) is 5.26 Å². The van der Waals surface area contributed by atoms with Crippen LogP contribution in [0, 0.1) is 24.2 Å². The number of fused-ring (bicyclic) bond motifs is 1. The first-order chi connectivity index (χ1) is 26.2. The van der Waals surface area contributed by atoms with Crippen LogP contribution in [-0.4, -0.2) is 82.6 Å². The van der Waals surface area contributed by atoms with Crippen molar-refractivity contribution in [3.63, 3.8) is 0 Å². The Bertz CT molecular complexity index is 2430. The van der Waals surface area contributed by atoms with Gasteiger partial charge in [-0.25, -0.2) is 15.0 Å². The Kier molecular flexibility index (Phi) is 9.39. The standard InChI is InChI=1S/C41H38N8O4S/c1-27-35(54-37(45-27)29-12-13-30(22-42)43-23-29)40(52)47-18-14-32(34(24-47)28-8-4-2-5-9-28)38(50)46-20-16-41(53,17-21-46)25-48-26-44-36-33(39(48)51)15-19-49(36)31-10-6-3-7-11-31/h2-13,15,19,23,26,32,34,53H,14,16-18,20-21,24-25H2,1H3/t32-,34+/m1/s1.